The molecule has 0 aliphatic rings. The molecular weight excluding hydrogens is 334 g/mol. The fourth-order valence-electron chi connectivity index (χ4n) is 2.85. The van der Waals surface area contributed by atoms with E-state index in [-0.39, 0.29) is 0 Å². The van der Waals surface area contributed by atoms with Crippen molar-refractivity contribution in [2.45, 2.75) is 6.54 Å². The van der Waals surface area contributed by atoms with Crippen molar-refractivity contribution in [3.63, 3.8) is 0 Å². The second-order valence-corrected chi connectivity index (χ2v) is 6.23. The van der Waals surface area contributed by atoms with Gasteiger partial charge >= 0.3 is 0 Å². The molecule has 132 valence electrons. The number of pyridine rings is 2. The average Bonchev–Trinajstić information content (AvgIpc) is 2.75. The SMILES string of the molecule is CN(Cc1ccccc1)c1cc(-c2ccncc2)nc(-c2ccccn2)n1. The van der Waals surface area contributed by atoms with E-state index in [4.69, 9.17) is 9.97 Å². The Bertz CT molecular complexity index is 947. The lowest BCUT2D eigenvalue weighted by atomic mass is 10.1. The molecule has 0 saturated heterocycles. The number of anilines is 1. The fourth-order valence-corrected chi connectivity index (χ4v) is 2.85. The number of hydrogen-bond acceptors (Lipinski definition) is 5. The molecule has 0 fully saturated rings. The largest absolute Gasteiger partial charge is 0.355 e. The number of nitrogens with zero attached hydrogens (tertiary/aromatic N) is 5. The zero-order chi connectivity index (χ0) is 18.5. The van der Waals surface area contributed by atoms with Crippen LogP contribution in [-0.2, 0) is 6.54 Å². The Kier molecular flexibility index (Phi) is 4.83. The lowest BCUT2D eigenvalue weighted by Crippen LogP contribution is -2.18. The van der Waals surface area contributed by atoms with Crippen molar-refractivity contribution < 1.29 is 0 Å². The van der Waals surface area contributed by atoms with Crippen LogP contribution >= 0.6 is 0 Å². The minimum absolute atomic E-state index is 0.611. The van der Waals surface area contributed by atoms with Gasteiger partial charge in [-0.05, 0) is 29.8 Å². The molecule has 4 rings (SSSR count). The van der Waals surface area contributed by atoms with Gasteiger partial charge in [0.1, 0.15) is 11.5 Å². The van der Waals surface area contributed by atoms with Crippen LogP contribution < -0.4 is 4.90 Å². The molecule has 0 atom stereocenters. The third-order valence-electron chi connectivity index (χ3n) is 4.24. The van der Waals surface area contributed by atoms with Crippen LogP contribution in [0.4, 0.5) is 5.82 Å². The van der Waals surface area contributed by atoms with Crippen LogP contribution in [0.1, 0.15) is 5.56 Å². The normalized spacial score (nSPS) is 10.6. The zero-order valence-electron chi connectivity index (χ0n) is 15.0. The highest BCUT2D eigenvalue weighted by atomic mass is 15.2. The standard InChI is InChI=1S/C22H19N5/c1-27(16-17-7-3-2-4-8-17)21-15-20(18-10-13-23-14-11-18)25-22(26-21)19-9-5-6-12-24-19/h2-15H,16H2,1H3. The van der Waals surface area contributed by atoms with Gasteiger partial charge in [-0.25, -0.2) is 9.97 Å². The minimum atomic E-state index is 0.611. The second kappa shape index (κ2) is 7.74. The van der Waals surface area contributed by atoms with Gasteiger partial charge in [0.15, 0.2) is 5.82 Å². The van der Waals surface area contributed by atoms with E-state index in [9.17, 15) is 0 Å². The van der Waals surface area contributed by atoms with Crippen LogP contribution in [0.2, 0.25) is 0 Å². The van der Waals surface area contributed by atoms with E-state index in [0.29, 0.717) is 5.82 Å². The summed E-state index contributed by atoms with van der Waals surface area (Å²) in [5.74, 6) is 1.46. The van der Waals surface area contributed by atoms with E-state index in [2.05, 4.69) is 27.0 Å². The molecule has 0 bridgehead atoms. The summed E-state index contributed by atoms with van der Waals surface area (Å²) >= 11 is 0. The van der Waals surface area contributed by atoms with Gasteiger partial charge in [0.25, 0.3) is 0 Å². The van der Waals surface area contributed by atoms with E-state index in [1.807, 2.05) is 61.6 Å². The van der Waals surface area contributed by atoms with Crippen LogP contribution in [0.25, 0.3) is 22.8 Å². The molecule has 0 radical (unpaired) electrons. The smallest absolute Gasteiger partial charge is 0.180 e. The van der Waals surface area contributed by atoms with Crippen molar-refractivity contribution in [3.8, 4) is 22.8 Å². The van der Waals surface area contributed by atoms with Crippen molar-refractivity contribution in [2.75, 3.05) is 11.9 Å². The monoisotopic (exact) mass is 353 g/mol. The van der Waals surface area contributed by atoms with Gasteiger partial charge in [0, 0.05) is 43.8 Å². The molecule has 0 unspecified atom stereocenters. The Morgan fingerprint density at radius 3 is 2.30 bits per heavy atom. The highest BCUT2D eigenvalue weighted by molar-refractivity contribution is 5.66. The zero-order valence-corrected chi connectivity index (χ0v) is 15.0. The van der Waals surface area contributed by atoms with E-state index in [0.717, 1.165) is 29.3 Å². The Morgan fingerprint density at radius 1 is 0.778 bits per heavy atom. The number of rotatable bonds is 5. The average molecular weight is 353 g/mol. The van der Waals surface area contributed by atoms with Gasteiger partial charge in [-0.3, -0.25) is 9.97 Å². The summed E-state index contributed by atoms with van der Waals surface area (Å²) in [6.45, 7) is 0.759. The van der Waals surface area contributed by atoms with E-state index >= 15 is 0 Å². The summed E-state index contributed by atoms with van der Waals surface area (Å²) in [5, 5.41) is 0. The maximum atomic E-state index is 4.76. The molecule has 0 N–H and O–H groups in total. The molecule has 5 heteroatoms. The third-order valence-corrected chi connectivity index (χ3v) is 4.24. The molecule has 0 saturated carbocycles. The van der Waals surface area contributed by atoms with Crippen LogP contribution in [0.3, 0.4) is 0 Å². The molecule has 3 heterocycles. The fraction of sp³-hybridized carbons (Fsp3) is 0.0909. The van der Waals surface area contributed by atoms with Crippen molar-refractivity contribution in [1.82, 2.24) is 19.9 Å². The van der Waals surface area contributed by atoms with Crippen molar-refractivity contribution in [1.29, 1.82) is 0 Å². The molecule has 0 aliphatic heterocycles. The molecule has 27 heavy (non-hydrogen) atoms. The quantitative estimate of drug-likeness (QED) is 0.537. The lowest BCUT2D eigenvalue weighted by Gasteiger charge is -2.19. The van der Waals surface area contributed by atoms with Crippen LogP contribution in [-0.4, -0.2) is 27.0 Å². The maximum absolute atomic E-state index is 4.76. The molecule has 0 spiro atoms. The first kappa shape index (κ1) is 16.8. The number of aromatic nitrogens is 4. The number of benzene rings is 1. The molecule has 0 amide bonds. The van der Waals surface area contributed by atoms with Gasteiger partial charge in [0.05, 0.1) is 5.69 Å². The first-order chi connectivity index (χ1) is 13.3. The molecule has 3 aromatic heterocycles. The van der Waals surface area contributed by atoms with Crippen LogP contribution in [0.15, 0.2) is 85.3 Å². The molecule has 4 aromatic rings. The summed E-state index contributed by atoms with van der Waals surface area (Å²) in [6.07, 6.45) is 5.29. The van der Waals surface area contributed by atoms with Gasteiger partial charge in [-0.2, -0.15) is 0 Å². The van der Waals surface area contributed by atoms with Gasteiger partial charge in [0.2, 0.25) is 0 Å². The summed E-state index contributed by atoms with van der Waals surface area (Å²) in [7, 11) is 2.04. The summed E-state index contributed by atoms with van der Waals surface area (Å²) in [4.78, 5) is 20.1. The van der Waals surface area contributed by atoms with Crippen molar-refractivity contribution >= 4 is 5.82 Å². The van der Waals surface area contributed by atoms with Gasteiger partial charge in [-0.1, -0.05) is 36.4 Å². The first-order valence-electron chi connectivity index (χ1n) is 8.75. The van der Waals surface area contributed by atoms with Gasteiger partial charge < -0.3 is 4.90 Å². The van der Waals surface area contributed by atoms with E-state index in [1.54, 1.807) is 18.6 Å². The summed E-state index contributed by atoms with van der Waals surface area (Å²) in [5.41, 5.74) is 3.83. The Hall–Kier alpha value is -3.60. The minimum Gasteiger partial charge on any atom is -0.355 e. The van der Waals surface area contributed by atoms with Crippen molar-refractivity contribution in [2.24, 2.45) is 0 Å². The van der Waals surface area contributed by atoms with E-state index in [1.165, 1.54) is 5.56 Å². The first-order valence-corrected chi connectivity index (χ1v) is 8.75. The Labute approximate surface area is 158 Å². The molecule has 1 aromatic carbocycles. The second-order valence-electron chi connectivity index (χ2n) is 6.23. The Morgan fingerprint density at radius 2 is 1.56 bits per heavy atom. The predicted molar refractivity (Wildman–Crippen MR) is 107 cm³/mol. The van der Waals surface area contributed by atoms with E-state index < -0.39 is 0 Å². The van der Waals surface area contributed by atoms with Crippen LogP contribution in [0, 0.1) is 0 Å². The number of hydrogen-bond donors (Lipinski definition) is 0. The molecule has 5 nitrogen and oxygen atoms in total. The van der Waals surface area contributed by atoms with Crippen molar-refractivity contribution in [3.05, 3.63) is 90.9 Å². The maximum Gasteiger partial charge on any atom is 0.180 e. The Balaban J connectivity index is 1.76. The van der Waals surface area contributed by atoms with Crippen LogP contribution in [0.5, 0.6) is 0 Å². The predicted octanol–water partition coefficient (Wildman–Crippen LogP) is 4.24. The van der Waals surface area contributed by atoms with Gasteiger partial charge in [-0.15, -0.1) is 0 Å². The highest BCUT2D eigenvalue weighted by Gasteiger charge is 2.12. The third kappa shape index (κ3) is 3.98. The topological polar surface area (TPSA) is 54.8 Å². The molecule has 0 aliphatic carbocycles. The highest BCUT2D eigenvalue weighted by Crippen LogP contribution is 2.25. The summed E-state index contributed by atoms with van der Waals surface area (Å²) < 4.78 is 0. The molecular formula is C22H19N5. The summed E-state index contributed by atoms with van der Waals surface area (Å²) in [6, 6.07) is 22.0. The lowest BCUT2D eigenvalue weighted by molar-refractivity contribution is 0.892.